The number of hydrogen-bond acceptors (Lipinski definition) is 4. The third kappa shape index (κ3) is 8.52. The number of aliphatic carboxylic acids is 2. The summed E-state index contributed by atoms with van der Waals surface area (Å²) >= 11 is 0. The van der Waals surface area contributed by atoms with Gasteiger partial charge in [0.2, 0.25) is 5.91 Å². The Balaban J connectivity index is 1.84. The van der Waals surface area contributed by atoms with Crippen LogP contribution in [0.25, 0.3) is 11.1 Å². The Labute approximate surface area is 230 Å². The van der Waals surface area contributed by atoms with Crippen molar-refractivity contribution in [3.8, 4) is 11.1 Å². The number of carbonyl (C=O) groups is 3. The molecule has 0 aliphatic carbocycles. The van der Waals surface area contributed by atoms with E-state index >= 15 is 0 Å². The maximum absolute atomic E-state index is 13.9. The minimum Gasteiger partial charge on any atom is -0.480 e. The van der Waals surface area contributed by atoms with Crippen LogP contribution in [0.4, 0.5) is 5.69 Å². The van der Waals surface area contributed by atoms with Crippen LogP contribution in [0.3, 0.4) is 0 Å². The van der Waals surface area contributed by atoms with Crippen molar-refractivity contribution in [3.05, 3.63) is 90.5 Å². The highest BCUT2D eigenvalue weighted by molar-refractivity contribution is 6.02. The molecule has 0 aromatic heterocycles. The Morgan fingerprint density at radius 1 is 0.744 bits per heavy atom. The number of carboxylic acid groups (broad SMARTS) is 2. The molecular weight excluding hydrogens is 492 g/mol. The summed E-state index contributed by atoms with van der Waals surface area (Å²) < 4.78 is 0. The van der Waals surface area contributed by atoms with Gasteiger partial charge in [-0.1, -0.05) is 86.6 Å². The summed E-state index contributed by atoms with van der Waals surface area (Å²) in [4.78, 5) is 39.4. The lowest BCUT2D eigenvalue weighted by Gasteiger charge is -2.33. The highest BCUT2D eigenvalue weighted by atomic mass is 16.4. The van der Waals surface area contributed by atoms with Gasteiger partial charge < -0.3 is 10.2 Å². The molecule has 0 spiro atoms. The molecule has 3 rings (SSSR count). The van der Waals surface area contributed by atoms with Gasteiger partial charge in [0.25, 0.3) is 0 Å². The first-order chi connectivity index (χ1) is 18.7. The van der Waals surface area contributed by atoms with Gasteiger partial charge >= 0.3 is 11.9 Å². The van der Waals surface area contributed by atoms with Crippen molar-refractivity contribution < 1.29 is 24.6 Å². The normalized spacial score (nSPS) is 13.4. The minimum atomic E-state index is -1.14. The Kier molecular flexibility index (Phi) is 10.8. The second-order valence-corrected chi connectivity index (χ2v) is 10.3. The van der Waals surface area contributed by atoms with Crippen LogP contribution in [-0.2, 0) is 20.8 Å². The number of anilines is 1. The van der Waals surface area contributed by atoms with E-state index in [2.05, 4.69) is 5.32 Å². The number of nitrogens with zero attached hydrogens (tertiary/aromatic N) is 1. The molecule has 39 heavy (non-hydrogen) atoms. The highest BCUT2D eigenvalue weighted by Gasteiger charge is 2.35. The molecule has 3 aromatic carbocycles. The van der Waals surface area contributed by atoms with Crippen LogP contribution in [-0.4, -0.2) is 46.2 Å². The third-order valence-corrected chi connectivity index (χ3v) is 6.74. The molecule has 0 saturated carbocycles. The predicted molar refractivity (Wildman–Crippen MR) is 154 cm³/mol. The lowest BCUT2D eigenvalue weighted by atomic mass is 9.98. The number of aryl methyl sites for hydroxylation is 1. The van der Waals surface area contributed by atoms with E-state index in [1.807, 2.05) is 86.6 Å². The topological polar surface area (TPSA) is 107 Å². The Morgan fingerprint density at radius 3 is 1.85 bits per heavy atom. The lowest BCUT2D eigenvalue weighted by molar-refractivity contribution is -0.142. The summed E-state index contributed by atoms with van der Waals surface area (Å²) in [5.74, 6) is -2.56. The van der Waals surface area contributed by atoms with Crippen molar-refractivity contribution in [1.82, 2.24) is 5.32 Å². The minimum absolute atomic E-state index is 0.0765. The fourth-order valence-corrected chi connectivity index (χ4v) is 4.65. The molecule has 0 bridgehead atoms. The molecule has 3 aromatic rings. The Morgan fingerprint density at radius 2 is 1.31 bits per heavy atom. The number of rotatable bonds is 14. The predicted octanol–water partition coefficient (Wildman–Crippen LogP) is 5.64. The van der Waals surface area contributed by atoms with Gasteiger partial charge in [0.1, 0.15) is 12.1 Å². The van der Waals surface area contributed by atoms with Crippen LogP contribution in [0, 0.1) is 5.92 Å². The summed E-state index contributed by atoms with van der Waals surface area (Å²) in [6.07, 6.45) is 2.07. The van der Waals surface area contributed by atoms with E-state index in [0.29, 0.717) is 24.9 Å². The number of nitrogens with one attached hydrogen (secondary N) is 1. The first-order valence-electron chi connectivity index (χ1n) is 13.4. The molecule has 3 N–H and O–H groups in total. The first-order valence-corrected chi connectivity index (χ1v) is 13.4. The third-order valence-electron chi connectivity index (χ3n) is 6.74. The van der Waals surface area contributed by atoms with Gasteiger partial charge in [0.15, 0.2) is 0 Å². The number of carboxylic acids is 2. The SMILES string of the molecule is CC(C)C[C@H](N[C@@H](CCCc1ccccc1)C(=O)O)C(=O)N(c1ccc(-c2ccccc2)cc1)[C@@H](C)C(=O)O. The summed E-state index contributed by atoms with van der Waals surface area (Å²) in [6, 6.07) is 23.8. The Bertz CT molecular complexity index is 1210. The number of benzene rings is 3. The van der Waals surface area contributed by atoms with Crippen LogP contribution in [0.1, 0.15) is 45.6 Å². The molecule has 0 saturated heterocycles. The van der Waals surface area contributed by atoms with Crippen LogP contribution in [0.5, 0.6) is 0 Å². The quantitative estimate of drug-likeness (QED) is 0.249. The number of hydrogen-bond donors (Lipinski definition) is 3. The smallest absolute Gasteiger partial charge is 0.326 e. The summed E-state index contributed by atoms with van der Waals surface area (Å²) in [6.45, 7) is 5.37. The molecule has 206 valence electrons. The first kappa shape index (κ1) is 29.6. The molecule has 0 fully saturated rings. The number of amides is 1. The molecule has 0 heterocycles. The summed E-state index contributed by atoms with van der Waals surface area (Å²) in [7, 11) is 0. The van der Waals surface area contributed by atoms with E-state index in [-0.39, 0.29) is 5.92 Å². The summed E-state index contributed by atoms with van der Waals surface area (Å²) in [5, 5.41) is 22.9. The second kappa shape index (κ2) is 14.3. The van der Waals surface area contributed by atoms with E-state index in [9.17, 15) is 24.6 Å². The molecular formula is C32H38N2O5. The van der Waals surface area contributed by atoms with Crippen molar-refractivity contribution in [3.63, 3.8) is 0 Å². The van der Waals surface area contributed by atoms with Gasteiger partial charge in [0.05, 0.1) is 6.04 Å². The zero-order valence-electron chi connectivity index (χ0n) is 22.8. The average Bonchev–Trinajstić information content (AvgIpc) is 2.93. The molecule has 0 radical (unpaired) electrons. The fourth-order valence-electron chi connectivity index (χ4n) is 4.65. The van der Waals surface area contributed by atoms with Gasteiger partial charge in [-0.2, -0.15) is 0 Å². The molecule has 3 atom stereocenters. The largest absolute Gasteiger partial charge is 0.480 e. The van der Waals surface area contributed by atoms with Crippen molar-refractivity contribution in [2.75, 3.05) is 4.90 Å². The van der Waals surface area contributed by atoms with Crippen molar-refractivity contribution in [2.45, 2.75) is 64.6 Å². The van der Waals surface area contributed by atoms with E-state index < -0.39 is 36.0 Å². The maximum Gasteiger partial charge on any atom is 0.326 e. The van der Waals surface area contributed by atoms with E-state index in [0.717, 1.165) is 23.1 Å². The Hall–Kier alpha value is -3.97. The molecule has 7 heteroatoms. The van der Waals surface area contributed by atoms with Gasteiger partial charge in [-0.15, -0.1) is 0 Å². The van der Waals surface area contributed by atoms with Gasteiger partial charge in [-0.25, -0.2) is 4.79 Å². The lowest BCUT2D eigenvalue weighted by Crippen LogP contribution is -2.56. The average molecular weight is 531 g/mol. The highest BCUT2D eigenvalue weighted by Crippen LogP contribution is 2.26. The molecule has 1 amide bonds. The van der Waals surface area contributed by atoms with Gasteiger partial charge in [0, 0.05) is 5.69 Å². The standard InChI is InChI=1S/C32H38N2O5/c1-22(2)21-29(33-28(32(38)39)16-10-13-24-11-6-4-7-12-24)30(35)34(23(3)31(36)37)27-19-17-26(18-20-27)25-14-8-5-9-15-25/h4-9,11-12,14-15,17-20,22-23,28-29,33H,10,13,16,21H2,1-3H3,(H,36,37)(H,38,39)/t23-,28-,29-/m0/s1. The molecule has 7 nitrogen and oxygen atoms in total. The maximum atomic E-state index is 13.9. The van der Waals surface area contributed by atoms with Crippen LogP contribution in [0.2, 0.25) is 0 Å². The molecule has 0 aliphatic rings. The van der Waals surface area contributed by atoms with Crippen molar-refractivity contribution in [2.24, 2.45) is 5.92 Å². The second-order valence-electron chi connectivity index (χ2n) is 10.3. The van der Waals surface area contributed by atoms with Crippen molar-refractivity contribution >= 4 is 23.5 Å². The van der Waals surface area contributed by atoms with Crippen LogP contribution >= 0.6 is 0 Å². The molecule has 0 unspecified atom stereocenters. The van der Waals surface area contributed by atoms with Crippen LogP contribution < -0.4 is 10.2 Å². The van der Waals surface area contributed by atoms with Gasteiger partial charge in [-0.05, 0) is 67.3 Å². The zero-order chi connectivity index (χ0) is 28.4. The van der Waals surface area contributed by atoms with E-state index in [1.54, 1.807) is 12.1 Å². The number of carbonyl (C=O) groups excluding carboxylic acids is 1. The summed E-state index contributed by atoms with van der Waals surface area (Å²) in [5.41, 5.74) is 3.52. The zero-order valence-corrected chi connectivity index (χ0v) is 22.8. The fraction of sp³-hybridized carbons (Fsp3) is 0.344. The van der Waals surface area contributed by atoms with E-state index in [1.165, 1.54) is 11.8 Å². The van der Waals surface area contributed by atoms with E-state index in [4.69, 9.17) is 0 Å². The molecule has 0 aliphatic heterocycles. The van der Waals surface area contributed by atoms with Crippen LogP contribution in [0.15, 0.2) is 84.9 Å². The van der Waals surface area contributed by atoms with Gasteiger partial charge in [-0.3, -0.25) is 19.8 Å². The van der Waals surface area contributed by atoms with Crippen molar-refractivity contribution in [1.29, 1.82) is 0 Å². The monoisotopic (exact) mass is 530 g/mol.